The van der Waals surface area contributed by atoms with Gasteiger partial charge in [0.15, 0.2) is 0 Å². The highest BCUT2D eigenvalue weighted by Crippen LogP contribution is 2.29. The topological polar surface area (TPSA) is 31.2 Å². The van der Waals surface area contributed by atoms with Gasteiger partial charge in [0.25, 0.3) is 0 Å². The molecule has 4 rings (SSSR count). The molecule has 2 aromatic carbocycles. The van der Waals surface area contributed by atoms with Gasteiger partial charge in [0.2, 0.25) is 0 Å². The van der Waals surface area contributed by atoms with Crippen LogP contribution in [0.5, 0.6) is 0 Å². The lowest BCUT2D eigenvalue weighted by Gasteiger charge is -2.30. The molecule has 1 aliphatic heterocycles. The first-order valence-electron chi connectivity index (χ1n) is 10.9. The van der Waals surface area contributed by atoms with Crippen LogP contribution in [0.1, 0.15) is 17.3 Å². The SMILES string of the molecule is [C+]1=CC=C(C=NCCN2CCN(CCN=Cc3ccccc3)C2c2ccccc2)C=C1. The Kier molecular flexibility index (Phi) is 7.67. The second-order valence-corrected chi connectivity index (χ2v) is 7.67. The third kappa shape index (κ3) is 6.16. The van der Waals surface area contributed by atoms with Crippen molar-refractivity contribution in [3.63, 3.8) is 0 Å². The average Bonchev–Trinajstić information content (AvgIpc) is 3.24. The van der Waals surface area contributed by atoms with Gasteiger partial charge in [-0.25, -0.2) is 0 Å². The second kappa shape index (κ2) is 11.3. The second-order valence-electron chi connectivity index (χ2n) is 7.67. The third-order valence-electron chi connectivity index (χ3n) is 5.52. The molecule has 0 amide bonds. The van der Waals surface area contributed by atoms with E-state index in [4.69, 9.17) is 0 Å². The van der Waals surface area contributed by atoms with Gasteiger partial charge < -0.3 is 0 Å². The summed E-state index contributed by atoms with van der Waals surface area (Å²) in [4.78, 5) is 14.4. The summed E-state index contributed by atoms with van der Waals surface area (Å²) < 4.78 is 0. The van der Waals surface area contributed by atoms with Gasteiger partial charge in [0, 0.05) is 38.5 Å². The number of nitrogens with zero attached hydrogens (tertiary/aromatic N) is 4. The average molecular weight is 410 g/mol. The highest BCUT2D eigenvalue weighted by Gasteiger charge is 2.32. The van der Waals surface area contributed by atoms with E-state index in [0.29, 0.717) is 0 Å². The number of benzene rings is 2. The van der Waals surface area contributed by atoms with E-state index in [2.05, 4.69) is 68.3 Å². The Labute approximate surface area is 185 Å². The van der Waals surface area contributed by atoms with Crippen LogP contribution in [0.15, 0.2) is 101 Å². The number of hydrogen-bond donors (Lipinski definition) is 0. The normalized spacial score (nSPS) is 19.4. The van der Waals surface area contributed by atoms with Crippen molar-refractivity contribution >= 4 is 12.4 Å². The van der Waals surface area contributed by atoms with Crippen LogP contribution in [0.25, 0.3) is 0 Å². The summed E-state index contributed by atoms with van der Waals surface area (Å²) >= 11 is 0. The molecular formula is C27H29N4+. The Bertz CT molecular complexity index is 957. The summed E-state index contributed by atoms with van der Waals surface area (Å²) in [5.41, 5.74) is 3.62. The van der Waals surface area contributed by atoms with E-state index >= 15 is 0 Å². The fraction of sp³-hybridized carbons (Fsp3) is 0.259. The zero-order valence-electron chi connectivity index (χ0n) is 17.8. The van der Waals surface area contributed by atoms with Crippen LogP contribution in [-0.4, -0.2) is 61.5 Å². The van der Waals surface area contributed by atoms with Crippen molar-refractivity contribution in [2.75, 3.05) is 39.3 Å². The van der Waals surface area contributed by atoms with Crippen molar-refractivity contribution in [3.8, 4) is 0 Å². The van der Waals surface area contributed by atoms with Gasteiger partial charge in [-0.3, -0.25) is 19.8 Å². The molecule has 1 saturated heterocycles. The van der Waals surface area contributed by atoms with Crippen molar-refractivity contribution in [1.29, 1.82) is 0 Å². The van der Waals surface area contributed by atoms with Crippen LogP contribution in [-0.2, 0) is 0 Å². The molecule has 2 aliphatic rings. The number of rotatable bonds is 9. The third-order valence-corrected chi connectivity index (χ3v) is 5.52. The maximum atomic E-state index is 4.66. The molecule has 2 aromatic rings. The maximum absolute atomic E-state index is 4.66. The Hall–Kier alpha value is -3.17. The molecule has 4 nitrogen and oxygen atoms in total. The molecule has 1 atom stereocenters. The molecule has 156 valence electrons. The molecule has 0 bridgehead atoms. The Balaban J connectivity index is 1.35. The summed E-state index contributed by atoms with van der Waals surface area (Å²) in [5.74, 6) is 0. The Morgan fingerprint density at radius 2 is 1.48 bits per heavy atom. The lowest BCUT2D eigenvalue weighted by molar-refractivity contribution is 0.143. The minimum Gasteiger partial charge on any atom is -0.291 e. The summed E-state index contributed by atoms with van der Waals surface area (Å²) in [6.45, 7) is 5.59. The van der Waals surface area contributed by atoms with Gasteiger partial charge in [0.1, 0.15) is 17.7 Å². The molecule has 4 heteroatoms. The van der Waals surface area contributed by atoms with E-state index in [9.17, 15) is 0 Å². The molecule has 0 spiro atoms. The zero-order valence-corrected chi connectivity index (χ0v) is 17.8. The zero-order chi connectivity index (χ0) is 21.1. The Morgan fingerprint density at radius 1 is 0.839 bits per heavy atom. The van der Waals surface area contributed by atoms with Crippen molar-refractivity contribution in [3.05, 3.63) is 108 Å². The molecule has 1 aliphatic carbocycles. The molecule has 0 aromatic heterocycles. The van der Waals surface area contributed by atoms with E-state index in [-0.39, 0.29) is 6.17 Å². The smallest absolute Gasteiger partial charge is 0.103 e. The largest absolute Gasteiger partial charge is 0.291 e. The maximum Gasteiger partial charge on any atom is 0.103 e. The summed E-state index contributed by atoms with van der Waals surface area (Å²) in [5, 5.41) is 0. The van der Waals surface area contributed by atoms with Gasteiger partial charge in [-0.1, -0.05) is 60.7 Å². The first-order chi connectivity index (χ1) is 15.4. The van der Waals surface area contributed by atoms with Crippen molar-refractivity contribution in [2.24, 2.45) is 9.98 Å². The lowest BCUT2D eigenvalue weighted by atomic mass is 10.1. The van der Waals surface area contributed by atoms with Crippen molar-refractivity contribution in [1.82, 2.24) is 9.80 Å². The van der Waals surface area contributed by atoms with Gasteiger partial charge in [-0.05, 0) is 11.1 Å². The first kappa shape index (κ1) is 21.1. The van der Waals surface area contributed by atoms with Crippen LogP contribution >= 0.6 is 0 Å². The standard InChI is InChI=1S/C27H29N4/c1-4-10-24(11-5-1)22-28-16-18-30-20-21-31(27(30)26-14-8-3-9-15-26)19-17-29-23-25-12-6-2-7-13-25/h1,3-15,22-23,27H,16-21H2/q+1. The lowest BCUT2D eigenvalue weighted by Crippen LogP contribution is -2.33. The van der Waals surface area contributed by atoms with E-state index in [1.807, 2.05) is 54.9 Å². The highest BCUT2D eigenvalue weighted by atomic mass is 15.4. The van der Waals surface area contributed by atoms with Crippen molar-refractivity contribution < 1.29 is 0 Å². The molecule has 0 saturated carbocycles. The van der Waals surface area contributed by atoms with Crippen molar-refractivity contribution in [2.45, 2.75) is 6.17 Å². The van der Waals surface area contributed by atoms with Gasteiger partial charge in [0.05, 0.1) is 37.6 Å². The summed E-state index contributed by atoms with van der Waals surface area (Å²) in [7, 11) is 0. The number of allylic oxidation sites excluding steroid dienone is 6. The number of aliphatic imine (C=N–C) groups is 2. The van der Waals surface area contributed by atoms with E-state index in [1.54, 1.807) is 0 Å². The summed E-state index contributed by atoms with van der Waals surface area (Å²) in [6.07, 6.45) is 15.2. The fourth-order valence-electron chi connectivity index (χ4n) is 3.98. The molecule has 1 fully saturated rings. The molecule has 1 unspecified atom stereocenters. The minimum atomic E-state index is 0.287. The molecule has 0 radical (unpaired) electrons. The number of hydrogen-bond acceptors (Lipinski definition) is 4. The Morgan fingerprint density at radius 3 is 2.13 bits per heavy atom. The van der Waals surface area contributed by atoms with Gasteiger partial charge in [-0.15, -0.1) is 0 Å². The van der Waals surface area contributed by atoms with Gasteiger partial charge in [-0.2, -0.15) is 0 Å². The van der Waals surface area contributed by atoms with Crippen LogP contribution in [0.4, 0.5) is 0 Å². The first-order valence-corrected chi connectivity index (χ1v) is 10.9. The predicted molar refractivity (Wildman–Crippen MR) is 130 cm³/mol. The molecule has 31 heavy (non-hydrogen) atoms. The fourth-order valence-corrected chi connectivity index (χ4v) is 3.98. The van der Waals surface area contributed by atoms with E-state index < -0.39 is 0 Å². The predicted octanol–water partition coefficient (Wildman–Crippen LogP) is 4.35. The quantitative estimate of drug-likeness (QED) is 0.455. The molecule has 0 N–H and O–H groups in total. The van der Waals surface area contributed by atoms with Crippen LogP contribution in [0.2, 0.25) is 0 Å². The van der Waals surface area contributed by atoms with E-state index in [1.165, 1.54) is 5.56 Å². The monoisotopic (exact) mass is 409 g/mol. The minimum absolute atomic E-state index is 0.287. The molecular weight excluding hydrogens is 380 g/mol. The van der Waals surface area contributed by atoms with Gasteiger partial charge >= 0.3 is 0 Å². The van der Waals surface area contributed by atoms with E-state index in [0.717, 1.165) is 50.4 Å². The summed E-state index contributed by atoms with van der Waals surface area (Å²) in [6, 6.07) is 21.1. The van der Waals surface area contributed by atoms with Crippen LogP contribution in [0.3, 0.4) is 0 Å². The van der Waals surface area contributed by atoms with Crippen LogP contribution < -0.4 is 0 Å². The highest BCUT2D eigenvalue weighted by molar-refractivity contribution is 5.83. The van der Waals surface area contributed by atoms with Crippen LogP contribution in [0, 0.1) is 6.08 Å². The molecule has 1 heterocycles.